The number of aliphatic hydroxyl groups is 3. The fourth-order valence-electron chi connectivity index (χ4n) is 6.59. The van der Waals surface area contributed by atoms with Crippen LogP contribution in [0.2, 0.25) is 0 Å². The van der Waals surface area contributed by atoms with Crippen LogP contribution in [0.3, 0.4) is 0 Å². The zero-order valence-corrected chi connectivity index (χ0v) is 33.3. The molecule has 0 aromatic rings. The van der Waals surface area contributed by atoms with Crippen LogP contribution < -0.4 is 5.32 Å². The fraction of sp³-hybridized carbons (Fsp3) is 0.844. The molecule has 4 N–H and O–H groups in total. The second-order valence-corrected chi connectivity index (χ2v) is 14.9. The van der Waals surface area contributed by atoms with Crippen LogP contribution >= 0.6 is 0 Å². The molecule has 0 radical (unpaired) electrons. The van der Waals surface area contributed by atoms with Crippen molar-refractivity contribution in [3.63, 3.8) is 0 Å². The van der Waals surface area contributed by atoms with Gasteiger partial charge in [-0.25, -0.2) is 0 Å². The maximum absolute atomic E-state index is 12.4. The van der Waals surface area contributed by atoms with Crippen LogP contribution in [0.5, 0.6) is 0 Å². The topological polar surface area (TPSA) is 89.8 Å². The summed E-state index contributed by atoms with van der Waals surface area (Å²) < 4.78 is 0. The van der Waals surface area contributed by atoms with E-state index >= 15 is 0 Å². The number of carbonyl (C=O) groups is 1. The summed E-state index contributed by atoms with van der Waals surface area (Å²) in [5.41, 5.74) is 0. The first-order valence-electron chi connectivity index (χ1n) is 21.8. The number of rotatable bonds is 39. The lowest BCUT2D eigenvalue weighted by atomic mass is 10.0. The van der Waals surface area contributed by atoms with Crippen molar-refractivity contribution in [2.75, 3.05) is 6.61 Å². The average molecular weight is 704 g/mol. The number of allylic oxidation sites excluding steroid dienone is 6. The Balaban J connectivity index is 3.54. The standard InChI is InChI=1S/C45H85NO4/c1-3-5-7-9-11-13-14-15-16-17-18-19-20-21-22-23-24-25-26-27-28-29-30-32-34-36-38-40-44(49)46-42(41-47)45(50)43(48)39-37-35-33-31-12-10-8-6-4-2/h6,8,21-22,31,33,42-43,45,47-48,50H,3-5,7,9-20,23-30,32,34-41H2,1-2H3,(H,46,49)/b8-6+,22-21-,33-31+. The molecule has 0 aromatic carbocycles. The van der Waals surface area contributed by atoms with Crippen molar-refractivity contribution in [3.05, 3.63) is 36.5 Å². The highest BCUT2D eigenvalue weighted by atomic mass is 16.3. The summed E-state index contributed by atoms with van der Waals surface area (Å²) >= 11 is 0. The van der Waals surface area contributed by atoms with Gasteiger partial charge in [0.05, 0.1) is 18.8 Å². The normalized spacial score (nSPS) is 13.9. The van der Waals surface area contributed by atoms with Gasteiger partial charge in [0.25, 0.3) is 0 Å². The zero-order chi connectivity index (χ0) is 36.6. The number of aliphatic hydroxyl groups excluding tert-OH is 3. The zero-order valence-electron chi connectivity index (χ0n) is 33.3. The second kappa shape index (κ2) is 40.3. The number of amides is 1. The quantitative estimate of drug-likeness (QED) is 0.0379. The van der Waals surface area contributed by atoms with E-state index in [0.717, 1.165) is 51.4 Å². The molecular formula is C45H85NO4. The second-order valence-electron chi connectivity index (χ2n) is 14.9. The van der Waals surface area contributed by atoms with Crippen LogP contribution in [0.1, 0.15) is 219 Å². The van der Waals surface area contributed by atoms with Gasteiger partial charge in [-0.3, -0.25) is 4.79 Å². The third-order valence-electron chi connectivity index (χ3n) is 9.95. The lowest BCUT2D eigenvalue weighted by Crippen LogP contribution is -2.50. The maximum atomic E-state index is 12.4. The SMILES string of the molecule is CC/C=C/CC/C=C/CCCC(O)C(O)C(CO)NC(=O)CCCCCCCCCCCCC/C=C\CCCCCCCCCCCCCC. The number of carbonyl (C=O) groups excluding carboxylic acids is 1. The van der Waals surface area contributed by atoms with Gasteiger partial charge in [0.2, 0.25) is 5.91 Å². The fourth-order valence-corrected chi connectivity index (χ4v) is 6.59. The minimum atomic E-state index is -1.16. The van der Waals surface area contributed by atoms with E-state index in [1.165, 1.54) is 141 Å². The van der Waals surface area contributed by atoms with Gasteiger partial charge in [-0.1, -0.05) is 179 Å². The Morgan fingerprint density at radius 2 is 0.880 bits per heavy atom. The third-order valence-corrected chi connectivity index (χ3v) is 9.95. The summed E-state index contributed by atoms with van der Waals surface area (Å²) in [6, 6.07) is -0.830. The molecule has 294 valence electrons. The highest BCUT2D eigenvalue weighted by molar-refractivity contribution is 5.76. The van der Waals surface area contributed by atoms with Crippen LogP contribution in [0.15, 0.2) is 36.5 Å². The van der Waals surface area contributed by atoms with Crippen molar-refractivity contribution in [3.8, 4) is 0 Å². The van der Waals surface area contributed by atoms with Crippen molar-refractivity contribution in [2.24, 2.45) is 0 Å². The molecule has 0 aromatic heterocycles. The molecule has 0 heterocycles. The van der Waals surface area contributed by atoms with Crippen molar-refractivity contribution in [2.45, 2.75) is 238 Å². The van der Waals surface area contributed by atoms with E-state index in [2.05, 4.69) is 55.6 Å². The van der Waals surface area contributed by atoms with E-state index < -0.39 is 18.2 Å². The lowest BCUT2D eigenvalue weighted by molar-refractivity contribution is -0.124. The van der Waals surface area contributed by atoms with E-state index in [0.29, 0.717) is 12.8 Å². The van der Waals surface area contributed by atoms with Crippen LogP contribution in [0.4, 0.5) is 0 Å². The summed E-state index contributed by atoms with van der Waals surface area (Å²) in [4.78, 5) is 12.4. The smallest absolute Gasteiger partial charge is 0.220 e. The first-order valence-corrected chi connectivity index (χ1v) is 21.8. The molecule has 0 aliphatic carbocycles. The highest BCUT2D eigenvalue weighted by Gasteiger charge is 2.26. The number of hydrogen-bond donors (Lipinski definition) is 4. The minimum absolute atomic E-state index is 0.162. The molecule has 0 bridgehead atoms. The Labute approximate surface area is 311 Å². The van der Waals surface area contributed by atoms with Gasteiger partial charge in [-0.15, -0.1) is 0 Å². The lowest BCUT2D eigenvalue weighted by Gasteiger charge is -2.26. The predicted octanol–water partition coefficient (Wildman–Crippen LogP) is 12.4. The van der Waals surface area contributed by atoms with Crippen molar-refractivity contribution >= 4 is 5.91 Å². The molecular weight excluding hydrogens is 618 g/mol. The van der Waals surface area contributed by atoms with Crippen LogP contribution in [-0.4, -0.2) is 46.1 Å². The Morgan fingerprint density at radius 3 is 1.32 bits per heavy atom. The van der Waals surface area contributed by atoms with E-state index in [1.807, 2.05) is 0 Å². The molecule has 5 heteroatoms. The van der Waals surface area contributed by atoms with Gasteiger partial charge in [0.1, 0.15) is 6.10 Å². The minimum Gasteiger partial charge on any atom is -0.394 e. The summed E-state index contributed by atoms with van der Waals surface area (Å²) in [5.74, 6) is -0.162. The molecule has 0 aliphatic rings. The van der Waals surface area contributed by atoms with E-state index in [4.69, 9.17) is 0 Å². The first kappa shape index (κ1) is 48.6. The molecule has 0 rings (SSSR count). The van der Waals surface area contributed by atoms with E-state index in [-0.39, 0.29) is 12.5 Å². The Hall–Kier alpha value is -1.43. The Bertz CT molecular complexity index is 779. The van der Waals surface area contributed by atoms with E-state index in [1.54, 1.807) is 0 Å². The first-order chi connectivity index (χ1) is 24.6. The Kier molecular flexibility index (Phi) is 39.2. The molecule has 50 heavy (non-hydrogen) atoms. The molecule has 0 saturated carbocycles. The molecule has 0 saturated heterocycles. The summed E-state index contributed by atoms with van der Waals surface area (Å²) in [6.45, 7) is 4.04. The van der Waals surface area contributed by atoms with Gasteiger partial charge in [0, 0.05) is 6.42 Å². The summed E-state index contributed by atoms with van der Waals surface area (Å²) in [7, 11) is 0. The predicted molar refractivity (Wildman–Crippen MR) is 218 cm³/mol. The summed E-state index contributed by atoms with van der Waals surface area (Å²) in [6.07, 6.45) is 50.0. The van der Waals surface area contributed by atoms with Gasteiger partial charge in [0.15, 0.2) is 0 Å². The maximum Gasteiger partial charge on any atom is 0.220 e. The van der Waals surface area contributed by atoms with Crippen LogP contribution in [-0.2, 0) is 4.79 Å². The van der Waals surface area contributed by atoms with Gasteiger partial charge in [-0.2, -0.15) is 0 Å². The van der Waals surface area contributed by atoms with Crippen molar-refractivity contribution < 1.29 is 20.1 Å². The monoisotopic (exact) mass is 704 g/mol. The van der Waals surface area contributed by atoms with Crippen LogP contribution in [0, 0.1) is 0 Å². The van der Waals surface area contributed by atoms with Gasteiger partial charge < -0.3 is 20.6 Å². The summed E-state index contributed by atoms with van der Waals surface area (Å²) in [5, 5.41) is 33.3. The van der Waals surface area contributed by atoms with E-state index in [9.17, 15) is 20.1 Å². The molecule has 5 nitrogen and oxygen atoms in total. The average Bonchev–Trinajstić information content (AvgIpc) is 3.12. The largest absolute Gasteiger partial charge is 0.394 e. The molecule has 0 aliphatic heterocycles. The van der Waals surface area contributed by atoms with Crippen molar-refractivity contribution in [1.82, 2.24) is 5.32 Å². The molecule has 3 atom stereocenters. The molecule has 0 fully saturated rings. The molecule has 0 spiro atoms. The highest BCUT2D eigenvalue weighted by Crippen LogP contribution is 2.15. The number of nitrogens with one attached hydrogen (secondary N) is 1. The number of unbranched alkanes of at least 4 members (excludes halogenated alkanes) is 25. The molecule has 3 unspecified atom stereocenters. The van der Waals surface area contributed by atoms with Crippen molar-refractivity contribution in [1.29, 1.82) is 0 Å². The van der Waals surface area contributed by atoms with Gasteiger partial charge >= 0.3 is 0 Å². The molecule has 1 amide bonds. The number of hydrogen-bond acceptors (Lipinski definition) is 4. The third kappa shape index (κ3) is 35.0. The van der Waals surface area contributed by atoms with Gasteiger partial charge in [-0.05, 0) is 70.6 Å². The van der Waals surface area contributed by atoms with Crippen LogP contribution in [0.25, 0.3) is 0 Å². The Morgan fingerprint density at radius 1 is 0.500 bits per heavy atom.